The number of fused-ring (bicyclic) bond motifs is 3. The average Bonchev–Trinajstić information content (AvgIpc) is 3.55. The predicted molar refractivity (Wildman–Crippen MR) is 147 cm³/mol. The maximum absolute atomic E-state index is 13.3. The molecule has 9 nitrogen and oxygen atoms in total. The molecule has 0 radical (unpaired) electrons. The summed E-state index contributed by atoms with van der Waals surface area (Å²) in [7, 11) is 4.63. The molecule has 202 valence electrons. The number of anilines is 1. The molecule has 3 aromatic carbocycles. The number of aryl methyl sites for hydroxylation is 1. The molecular weight excluding hydrogens is 520 g/mol. The minimum Gasteiger partial charge on any atom is -0.493 e. The van der Waals surface area contributed by atoms with Crippen LogP contribution in [0.5, 0.6) is 28.7 Å². The summed E-state index contributed by atoms with van der Waals surface area (Å²) in [5.74, 6) is 1.99. The van der Waals surface area contributed by atoms with Crippen molar-refractivity contribution in [3.63, 3.8) is 0 Å². The number of rotatable bonds is 5. The molecule has 0 spiro atoms. The first-order valence-electron chi connectivity index (χ1n) is 12.5. The molecule has 10 heteroatoms. The zero-order valence-electron chi connectivity index (χ0n) is 22.0. The lowest BCUT2D eigenvalue weighted by atomic mass is 9.85. The van der Waals surface area contributed by atoms with Gasteiger partial charge in [-0.3, -0.25) is 0 Å². The van der Waals surface area contributed by atoms with Crippen LogP contribution in [0.25, 0.3) is 0 Å². The van der Waals surface area contributed by atoms with Crippen molar-refractivity contribution in [2.45, 2.75) is 25.5 Å². The van der Waals surface area contributed by atoms with Crippen molar-refractivity contribution in [3.8, 4) is 28.7 Å². The lowest BCUT2D eigenvalue weighted by molar-refractivity contribution is 0.0164. The molecule has 0 bridgehead atoms. The maximum Gasteiger partial charge on any atom is 0.343 e. The van der Waals surface area contributed by atoms with E-state index >= 15 is 0 Å². The molecule has 39 heavy (non-hydrogen) atoms. The van der Waals surface area contributed by atoms with Crippen LogP contribution in [0, 0.1) is 6.92 Å². The van der Waals surface area contributed by atoms with E-state index in [0.29, 0.717) is 58.0 Å². The molecule has 3 aliphatic heterocycles. The van der Waals surface area contributed by atoms with Crippen LogP contribution >= 0.6 is 12.2 Å². The molecule has 3 aliphatic rings. The van der Waals surface area contributed by atoms with Crippen molar-refractivity contribution in [2.24, 2.45) is 0 Å². The van der Waals surface area contributed by atoms with E-state index in [1.807, 2.05) is 48.2 Å². The number of thiocarbonyl (C=S) groups is 1. The second-order valence-electron chi connectivity index (χ2n) is 9.49. The van der Waals surface area contributed by atoms with Crippen molar-refractivity contribution in [1.29, 1.82) is 0 Å². The van der Waals surface area contributed by atoms with Gasteiger partial charge in [-0.1, -0.05) is 23.8 Å². The minimum atomic E-state index is -0.710. The van der Waals surface area contributed by atoms with Gasteiger partial charge in [0.25, 0.3) is 0 Å². The molecular formula is C29H28N2O7S. The number of esters is 1. The first kappa shape index (κ1) is 25.1. The Morgan fingerprint density at radius 3 is 2.51 bits per heavy atom. The summed E-state index contributed by atoms with van der Waals surface area (Å²) in [6.45, 7) is 2.72. The summed E-state index contributed by atoms with van der Waals surface area (Å²) < 4.78 is 34.5. The van der Waals surface area contributed by atoms with E-state index in [1.165, 1.54) is 14.2 Å². The minimum absolute atomic E-state index is 0.106. The molecule has 3 heterocycles. The summed E-state index contributed by atoms with van der Waals surface area (Å²) >= 11 is 5.96. The Morgan fingerprint density at radius 2 is 1.79 bits per heavy atom. The van der Waals surface area contributed by atoms with Crippen LogP contribution in [0.4, 0.5) is 5.69 Å². The van der Waals surface area contributed by atoms with Crippen LogP contribution in [0.15, 0.2) is 42.5 Å². The molecule has 0 saturated carbocycles. The number of carbonyl (C=O) groups excluding carboxylic acids is 1. The van der Waals surface area contributed by atoms with Crippen molar-refractivity contribution >= 4 is 29.0 Å². The molecule has 0 aromatic heterocycles. The highest BCUT2D eigenvalue weighted by molar-refractivity contribution is 7.80. The first-order valence-corrected chi connectivity index (χ1v) is 13.0. The van der Waals surface area contributed by atoms with Gasteiger partial charge in [-0.25, -0.2) is 4.79 Å². The van der Waals surface area contributed by atoms with Crippen LogP contribution in [0.2, 0.25) is 0 Å². The second-order valence-corrected chi connectivity index (χ2v) is 9.88. The largest absolute Gasteiger partial charge is 0.493 e. The zero-order chi connectivity index (χ0) is 27.3. The third-order valence-corrected chi connectivity index (χ3v) is 7.71. The van der Waals surface area contributed by atoms with Gasteiger partial charge < -0.3 is 38.6 Å². The predicted octanol–water partition coefficient (Wildman–Crippen LogP) is 4.96. The van der Waals surface area contributed by atoms with Crippen LogP contribution in [-0.4, -0.2) is 50.6 Å². The van der Waals surface area contributed by atoms with E-state index in [9.17, 15) is 4.79 Å². The fraction of sp³-hybridized carbons (Fsp3) is 0.310. The van der Waals surface area contributed by atoms with Crippen LogP contribution in [-0.2, 0) is 11.2 Å². The number of hydrogen-bond acceptors (Lipinski definition) is 8. The highest BCUT2D eigenvalue weighted by Gasteiger charge is 2.47. The summed E-state index contributed by atoms with van der Waals surface area (Å²) in [5.41, 5.74) is 4.88. The summed E-state index contributed by atoms with van der Waals surface area (Å²) in [4.78, 5) is 15.4. The normalized spacial score (nSPS) is 18.7. The van der Waals surface area contributed by atoms with E-state index in [1.54, 1.807) is 13.2 Å². The fourth-order valence-electron chi connectivity index (χ4n) is 5.58. The number of methoxy groups -OCH3 is 3. The molecule has 0 amide bonds. The Morgan fingerprint density at radius 1 is 1.03 bits per heavy atom. The quantitative estimate of drug-likeness (QED) is 0.349. The van der Waals surface area contributed by atoms with E-state index in [0.717, 1.165) is 22.4 Å². The maximum atomic E-state index is 13.3. The van der Waals surface area contributed by atoms with Crippen molar-refractivity contribution in [3.05, 3.63) is 70.3 Å². The Balaban J connectivity index is 1.50. The number of carbonyl (C=O) groups is 1. The monoisotopic (exact) mass is 548 g/mol. The van der Waals surface area contributed by atoms with E-state index in [-0.39, 0.29) is 6.79 Å². The number of benzene rings is 3. The Hall–Kier alpha value is -4.18. The van der Waals surface area contributed by atoms with Crippen molar-refractivity contribution in [1.82, 2.24) is 4.90 Å². The molecule has 0 aliphatic carbocycles. The summed E-state index contributed by atoms with van der Waals surface area (Å²) in [5, 5.41) is 3.86. The van der Waals surface area contributed by atoms with Gasteiger partial charge in [0.05, 0.1) is 21.3 Å². The Bertz CT molecular complexity index is 1470. The van der Waals surface area contributed by atoms with Gasteiger partial charge in [-0.15, -0.1) is 0 Å². The number of nitrogens with zero attached hydrogens (tertiary/aromatic N) is 1. The Kier molecular flexibility index (Phi) is 6.34. The standard InChI is InChI=1S/C29H28N2O7S/c1-15-5-7-17(8-6-15)30-29(39)31-12-11-16-13-20-26(37-14-36-20)27(35-4)21(16)23(31)24-18-9-10-19(33-2)25(34-3)22(18)28(32)38-24/h5-10,13,23-24H,11-12,14H2,1-4H3,(H,30,39). The lowest BCUT2D eigenvalue weighted by Crippen LogP contribution is -2.45. The number of hydrogen-bond donors (Lipinski definition) is 1. The molecule has 0 saturated heterocycles. The van der Waals surface area contributed by atoms with Crippen LogP contribution in [0.3, 0.4) is 0 Å². The van der Waals surface area contributed by atoms with E-state index in [2.05, 4.69) is 5.32 Å². The number of nitrogens with one attached hydrogen (secondary N) is 1. The molecule has 6 rings (SSSR count). The molecule has 3 aromatic rings. The van der Waals surface area contributed by atoms with Gasteiger partial charge in [0.15, 0.2) is 34.2 Å². The van der Waals surface area contributed by atoms with Crippen molar-refractivity contribution < 1.29 is 33.2 Å². The highest BCUT2D eigenvalue weighted by Crippen LogP contribution is 2.55. The molecule has 0 fully saturated rings. The lowest BCUT2D eigenvalue weighted by Gasteiger charge is -2.42. The summed E-state index contributed by atoms with van der Waals surface area (Å²) in [6.07, 6.45) is -0.0352. The van der Waals surface area contributed by atoms with Gasteiger partial charge in [0.1, 0.15) is 11.6 Å². The third kappa shape index (κ3) is 4.06. The van der Waals surface area contributed by atoms with Gasteiger partial charge in [0.2, 0.25) is 12.5 Å². The van der Waals surface area contributed by atoms with Gasteiger partial charge in [-0.2, -0.15) is 0 Å². The van der Waals surface area contributed by atoms with Gasteiger partial charge in [0, 0.05) is 23.4 Å². The molecule has 2 unspecified atom stereocenters. The summed E-state index contributed by atoms with van der Waals surface area (Å²) in [6, 6.07) is 13.1. The van der Waals surface area contributed by atoms with Crippen molar-refractivity contribution in [2.75, 3.05) is 40.0 Å². The third-order valence-electron chi connectivity index (χ3n) is 7.37. The average molecular weight is 549 g/mol. The molecule has 2 atom stereocenters. The SMILES string of the molecule is COc1ccc2c(c1OC)C(=O)OC2C1c2c(cc3c(c2OC)OCO3)CCN1C(=S)Nc1ccc(C)cc1. The molecule has 1 N–H and O–H groups in total. The highest BCUT2D eigenvalue weighted by atomic mass is 32.1. The number of ether oxygens (including phenoxy) is 6. The fourth-order valence-corrected chi connectivity index (χ4v) is 5.91. The van der Waals surface area contributed by atoms with Crippen LogP contribution < -0.4 is 29.0 Å². The Labute approximate surface area is 231 Å². The zero-order valence-corrected chi connectivity index (χ0v) is 22.8. The van der Waals surface area contributed by atoms with Crippen LogP contribution in [0.1, 0.15) is 44.8 Å². The smallest absolute Gasteiger partial charge is 0.343 e. The van der Waals surface area contributed by atoms with Gasteiger partial charge >= 0.3 is 5.97 Å². The number of cyclic esters (lactones) is 1. The topological polar surface area (TPSA) is 87.7 Å². The van der Waals surface area contributed by atoms with E-state index < -0.39 is 18.1 Å². The first-order chi connectivity index (χ1) is 18.9. The van der Waals surface area contributed by atoms with Gasteiger partial charge in [-0.05, 0) is 55.4 Å². The van der Waals surface area contributed by atoms with E-state index in [4.69, 9.17) is 40.6 Å². The second kappa shape index (κ2) is 9.85.